The fourth-order valence-electron chi connectivity index (χ4n) is 3.29. The van der Waals surface area contributed by atoms with Crippen molar-refractivity contribution >= 4 is 11.6 Å². The summed E-state index contributed by atoms with van der Waals surface area (Å²) < 4.78 is 43.5. The summed E-state index contributed by atoms with van der Waals surface area (Å²) in [5.74, 6) is 0.0792. The molecule has 0 atom stereocenters. The number of anilines is 1. The summed E-state index contributed by atoms with van der Waals surface area (Å²) in [6.45, 7) is 0. The lowest BCUT2D eigenvalue weighted by Crippen LogP contribution is -2.39. The molecule has 0 bridgehead atoms. The molecule has 0 aliphatic heterocycles. The van der Waals surface area contributed by atoms with Crippen molar-refractivity contribution in [3.63, 3.8) is 0 Å². The zero-order chi connectivity index (χ0) is 21.0. The Balaban J connectivity index is 1.47. The second-order valence-corrected chi connectivity index (χ2v) is 7.39. The van der Waals surface area contributed by atoms with Gasteiger partial charge in [-0.05, 0) is 56.0 Å². The topological polar surface area (TPSA) is 54.5 Å². The molecule has 1 aromatic heterocycles. The summed E-state index contributed by atoms with van der Waals surface area (Å²) in [5, 5.41) is 3.04. The van der Waals surface area contributed by atoms with Crippen LogP contribution in [0.4, 0.5) is 18.9 Å². The maximum Gasteiger partial charge on any atom is 0.417 e. The van der Waals surface area contributed by atoms with E-state index in [0.717, 1.165) is 30.8 Å². The first-order chi connectivity index (χ1) is 13.7. The van der Waals surface area contributed by atoms with Crippen molar-refractivity contribution in [3.8, 4) is 5.88 Å². The first-order valence-corrected chi connectivity index (χ1v) is 9.50. The fourth-order valence-corrected chi connectivity index (χ4v) is 3.29. The molecule has 1 aliphatic rings. The Morgan fingerprint density at radius 1 is 1.07 bits per heavy atom. The normalized spacial score (nSPS) is 19.5. The molecule has 1 heterocycles. The molecule has 156 valence electrons. The maximum atomic E-state index is 12.6. The van der Waals surface area contributed by atoms with Gasteiger partial charge in [-0.3, -0.25) is 4.79 Å². The van der Waals surface area contributed by atoms with Crippen LogP contribution in [0.25, 0.3) is 0 Å². The lowest BCUT2D eigenvalue weighted by atomic mass is 9.92. The van der Waals surface area contributed by atoms with Gasteiger partial charge in [0.25, 0.3) is 5.91 Å². The van der Waals surface area contributed by atoms with Crippen molar-refractivity contribution in [1.29, 1.82) is 0 Å². The molecular formula is C21H24F3N3O2. The second kappa shape index (κ2) is 8.71. The lowest BCUT2D eigenvalue weighted by Gasteiger charge is -2.29. The van der Waals surface area contributed by atoms with E-state index in [-0.39, 0.29) is 23.9 Å². The van der Waals surface area contributed by atoms with Gasteiger partial charge in [-0.1, -0.05) is 0 Å². The molecule has 0 spiro atoms. The van der Waals surface area contributed by atoms with Crippen molar-refractivity contribution < 1.29 is 22.7 Å². The third-order valence-corrected chi connectivity index (χ3v) is 5.01. The third-order valence-electron chi connectivity index (χ3n) is 5.01. The highest BCUT2D eigenvalue weighted by atomic mass is 19.4. The summed E-state index contributed by atoms with van der Waals surface area (Å²) in [4.78, 5) is 18.1. The largest absolute Gasteiger partial charge is 0.474 e. The van der Waals surface area contributed by atoms with Gasteiger partial charge in [-0.15, -0.1) is 0 Å². The van der Waals surface area contributed by atoms with Gasteiger partial charge in [0, 0.05) is 43.7 Å². The highest BCUT2D eigenvalue weighted by molar-refractivity contribution is 5.94. The van der Waals surface area contributed by atoms with Gasteiger partial charge in [0.05, 0.1) is 5.56 Å². The van der Waals surface area contributed by atoms with Crippen LogP contribution in [0.2, 0.25) is 0 Å². The zero-order valence-corrected chi connectivity index (χ0v) is 16.4. The fraction of sp³-hybridized carbons (Fsp3) is 0.429. The number of amides is 1. The summed E-state index contributed by atoms with van der Waals surface area (Å²) in [6, 6.07) is 9.67. The number of nitrogens with one attached hydrogen (secondary N) is 1. The van der Waals surface area contributed by atoms with E-state index in [1.165, 1.54) is 6.07 Å². The van der Waals surface area contributed by atoms with Crippen molar-refractivity contribution in [2.75, 3.05) is 19.0 Å². The molecule has 1 amide bonds. The first-order valence-electron chi connectivity index (χ1n) is 9.50. The molecule has 8 heteroatoms. The van der Waals surface area contributed by atoms with Gasteiger partial charge < -0.3 is 15.0 Å². The monoisotopic (exact) mass is 407 g/mol. The van der Waals surface area contributed by atoms with Gasteiger partial charge in [0.2, 0.25) is 5.88 Å². The maximum absolute atomic E-state index is 12.6. The number of carbonyl (C=O) groups is 1. The highest BCUT2D eigenvalue weighted by Crippen LogP contribution is 2.30. The number of carbonyl (C=O) groups excluding carboxylic acids is 1. The van der Waals surface area contributed by atoms with Crippen LogP contribution in [0.1, 0.15) is 41.6 Å². The van der Waals surface area contributed by atoms with E-state index < -0.39 is 11.7 Å². The van der Waals surface area contributed by atoms with Crippen LogP contribution in [-0.2, 0) is 6.18 Å². The van der Waals surface area contributed by atoms with E-state index in [0.29, 0.717) is 18.4 Å². The van der Waals surface area contributed by atoms with Crippen LogP contribution in [0.15, 0.2) is 42.6 Å². The Hall–Kier alpha value is -2.77. The lowest BCUT2D eigenvalue weighted by molar-refractivity contribution is -0.137. The van der Waals surface area contributed by atoms with Crippen molar-refractivity contribution in [1.82, 2.24) is 10.3 Å². The van der Waals surface area contributed by atoms with Gasteiger partial charge >= 0.3 is 6.18 Å². The Bertz CT molecular complexity index is 813. The number of rotatable bonds is 5. The molecule has 2 aromatic rings. The van der Waals surface area contributed by atoms with Crippen LogP contribution < -0.4 is 15.0 Å². The standard InChI is InChI=1S/C21H24F3N3O2/c1-27(2)17-8-3-14(4-9-17)20(28)26-16-6-10-18(11-7-16)29-19-12-5-15(13-25-19)21(22,23)24/h3-5,8-9,12-13,16,18H,6-7,10-11H2,1-2H3,(H,26,28). The molecular weight excluding hydrogens is 383 g/mol. The van der Waals surface area contributed by atoms with Gasteiger partial charge in [-0.2, -0.15) is 13.2 Å². The average Bonchev–Trinajstić information content (AvgIpc) is 2.69. The Morgan fingerprint density at radius 2 is 1.72 bits per heavy atom. The van der Waals surface area contributed by atoms with E-state index in [1.807, 2.05) is 31.1 Å². The first kappa shape index (κ1) is 21.0. The van der Waals surface area contributed by atoms with Crippen LogP contribution in [0.3, 0.4) is 0 Å². The Morgan fingerprint density at radius 3 is 2.24 bits per heavy atom. The number of ether oxygens (including phenoxy) is 1. The third kappa shape index (κ3) is 5.62. The van der Waals surface area contributed by atoms with Crippen molar-refractivity contribution in [3.05, 3.63) is 53.7 Å². The second-order valence-electron chi connectivity index (χ2n) is 7.39. The smallest absolute Gasteiger partial charge is 0.417 e. The minimum atomic E-state index is -4.41. The minimum Gasteiger partial charge on any atom is -0.474 e. The van der Waals surface area contributed by atoms with Gasteiger partial charge in [-0.25, -0.2) is 4.98 Å². The SMILES string of the molecule is CN(C)c1ccc(C(=O)NC2CCC(Oc3ccc(C(F)(F)F)cn3)CC2)cc1. The molecule has 0 unspecified atom stereocenters. The van der Waals surface area contributed by atoms with E-state index in [2.05, 4.69) is 10.3 Å². The number of alkyl halides is 3. The molecule has 5 nitrogen and oxygen atoms in total. The van der Waals surface area contributed by atoms with Gasteiger partial charge in [0.1, 0.15) is 6.10 Å². The van der Waals surface area contributed by atoms with Crippen molar-refractivity contribution in [2.24, 2.45) is 0 Å². The van der Waals surface area contributed by atoms with E-state index in [9.17, 15) is 18.0 Å². The van der Waals surface area contributed by atoms with E-state index in [1.54, 1.807) is 12.1 Å². The molecule has 1 fully saturated rings. The van der Waals surface area contributed by atoms with E-state index >= 15 is 0 Å². The van der Waals surface area contributed by atoms with Crippen LogP contribution in [0.5, 0.6) is 5.88 Å². The van der Waals surface area contributed by atoms with Crippen LogP contribution in [-0.4, -0.2) is 37.1 Å². The predicted octanol–water partition coefficient (Wildman–Crippen LogP) is 4.29. The van der Waals surface area contributed by atoms with Gasteiger partial charge in [0.15, 0.2) is 0 Å². The predicted molar refractivity (Wildman–Crippen MR) is 104 cm³/mol. The highest BCUT2D eigenvalue weighted by Gasteiger charge is 2.31. The van der Waals surface area contributed by atoms with Crippen molar-refractivity contribution in [2.45, 2.75) is 44.0 Å². The number of benzene rings is 1. The zero-order valence-electron chi connectivity index (χ0n) is 16.4. The summed E-state index contributed by atoms with van der Waals surface area (Å²) >= 11 is 0. The quantitative estimate of drug-likeness (QED) is 0.804. The summed E-state index contributed by atoms with van der Waals surface area (Å²) in [5.41, 5.74) is 0.842. The molecule has 3 rings (SSSR count). The Kier molecular flexibility index (Phi) is 6.30. The number of nitrogens with zero attached hydrogens (tertiary/aromatic N) is 2. The number of hydrogen-bond acceptors (Lipinski definition) is 4. The molecule has 1 saturated carbocycles. The minimum absolute atomic E-state index is 0.0523. The van der Waals surface area contributed by atoms with Crippen LogP contribution >= 0.6 is 0 Å². The Labute approximate surface area is 167 Å². The number of halogens is 3. The number of pyridine rings is 1. The number of aromatic nitrogens is 1. The van der Waals surface area contributed by atoms with Crippen LogP contribution in [0, 0.1) is 0 Å². The summed E-state index contributed by atoms with van der Waals surface area (Å²) in [6.07, 6.45) is -0.857. The number of hydrogen-bond donors (Lipinski definition) is 1. The average molecular weight is 407 g/mol. The molecule has 1 aliphatic carbocycles. The summed E-state index contributed by atoms with van der Waals surface area (Å²) in [7, 11) is 3.88. The molecule has 1 N–H and O–H groups in total. The molecule has 29 heavy (non-hydrogen) atoms. The van der Waals surface area contributed by atoms with E-state index in [4.69, 9.17) is 4.74 Å². The molecule has 1 aromatic carbocycles. The molecule has 0 radical (unpaired) electrons. The molecule has 0 saturated heterocycles.